The predicted octanol–water partition coefficient (Wildman–Crippen LogP) is 0.370. The molecule has 0 saturated carbocycles. The third-order valence-electron chi connectivity index (χ3n) is 3.87. The number of fused-ring (bicyclic) bond motifs is 3. The number of hydrogen-bond acceptors (Lipinski definition) is 5. The maximum absolute atomic E-state index is 12.3. The number of nitrogens with zero attached hydrogens (tertiary/aromatic N) is 2. The Morgan fingerprint density at radius 2 is 2.12 bits per heavy atom. The van der Waals surface area contributed by atoms with Gasteiger partial charge in [-0.1, -0.05) is 6.08 Å². The Bertz CT molecular complexity index is 1030. The summed E-state index contributed by atoms with van der Waals surface area (Å²) in [4.78, 5) is 12.3. The molecule has 3 N–H and O–H groups in total. The van der Waals surface area contributed by atoms with Crippen LogP contribution in [0.2, 0.25) is 0 Å². The molecule has 2 aromatic heterocycles. The van der Waals surface area contributed by atoms with E-state index in [1.807, 2.05) is 36.5 Å². The Kier molecular flexibility index (Phi) is 3.35. The highest BCUT2D eigenvalue weighted by Crippen LogP contribution is 2.14. The van der Waals surface area contributed by atoms with Crippen molar-refractivity contribution in [1.29, 1.82) is 0 Å². The first-order valence-corrected chi connectivity index (χ1v) is 7.47. The standard InChI is InChI=1S/C18H14N4O2/c19-12-4-5-17-14(8-12)15-9-13(2-1-3-16(15)24-17)22-18(23)11-6-7-20-21-10-11/h1-7,9-10H,8,19H2,(H,22,23). The molecule has 2 heterocycles. The quantitative estimate of drug-likeness (QED) is 0.834. The van der Waals surface area contributed by atoms with Crippen molar-refractivity contribution in [1.82, 2.24) is 15.5 Å². The molecule has 0 unspecified atom stereocenters. The van der Waals surface area contributed by atoms with Gasteiger partial charge in [0.05, 0.1) is 18.0 Å². The van der Waals surface area contributed by atoms with Gasteiger partial charge in [0, 0.05) is 28.9 Å². The molecule has 0 aromatic carbocycles. The summed E-state index contributed by atoms with van der Waals surface area (Å²) in [5, 5.41) is 10.3. The highest BCUT2D eigenvalue weighted by Gasteiger charge is 2.16. The van der Waals surface area contributed by atoms with E-state index in [4.69, 9.17) is 10.2 Å². The largest absolute Gasteiger partial charge is 0.456 e. The second kappa shape index (κ2) is 5.66. The predicted molar refractivity (Wildman–Crippen MR) is 89.5 cm³/mol. The van der Waals surface area contributed by atoms with Crippen LogP contribution in [0.15, 0.2) is 52.5 Å². The molecule has 6 nitrogen and oxygen atoms in total. The fourth-order valence-corrected chi connectivity index (χ4v) is 2.71. The Morgan fingerprint density at radius 3 is 2.96 bits per heavy atom. The fraction of sp³-hybridized carbons (Fsp3) is 0.0556. The average molecular weight is 318 g/mol. The molecule has 0 saturated heterocycles. The molecule has 0 fully saturated rings. The van der Waals surface area contributed by atoms with Gasteiger partial charge in [-0.25, -0.2) is 0 Å². The zero-order valence-corrected chi connectivity index (χ0v) is 12.7. The smallest absolute Gasteiger partial charge is 0.257 e. The van der Waals surface area contributed by atoms with Crippen LogP contribution in [-0.4, -0.2) is 16.1 Å². The van der Waals surface area contributed by atoms with E-state index >= 15 is 0 Å². The maximum atomic E-state index is 12.3. The summed E-state index contributed by atoms with van der Waals surface area (Å²) in [6.07, 6.45) is 14.7. The summed E-state index contributed by atoms with van der Waals surface area (Å²) in [7, 11) is 0. The van der Waals surface area contributed by atoms with Crippen LogP contribution < -0.4 is 21.9 Å². The summed E-state index contributed by atoms with van der Waals surface area (Å²) in [5.41, 5.74) is 11.4. The first kappa shape index (κ1) is 14.2. The van der Waals surface area contributed by atoms with Gasteiger partial charge >= 0.3 is 0 Å². The molecule has 2 aliphatic carbocycles. The minimum atomic E-state index is -0.243. The van der Waals surface area contributed by atoms with Gasteiger partial charge in [0.1, 0.15) is 10.8 Å². The van der Waals surface area contributed by atoms with Crippen LogP contribution in [0.5, 0.6) is 0 Å². The van der Waals surface area contributed by atoms with Gasteiger partial charge in [-0.05, 0) is 36.4 Å². The lowest BCUT2D eigenvalue weighted by molar-refractivity contribution is 0.0967. The number of carbonyl (C=O) groups is 1. The zero-order chi connectivity index (χ0) is 16.5. The molecular formula is C18H14N4O2. The minimum Gasteiger partial charge on any atom is -0.456 e. The average Bonchev–Trinajstić information content (AvgIpc) is 2.80. The molecular weight excluding hydrogens is 304 g/mol. The van der Waals surface area contributed by atoms with Gasteiger partial charge in [0.2, 0.25) is 0 Å². The molecule has 0 radical (unpaired) electrons. The van der Waals surface area contributed by atoms with E-state index in [0.29, 0.717) is 17.7 Å². The van der Waals surface area contributed by atoms with Gasteiger partial charge in [0.15, 0.2) is 0 Å². The number of allylic oxidation sites excluding steroid dienone is 4. The first-order valence-electron chi connectivity index (χ1n) is 7.47. The molecule has 4 rings (SSSR count). The number of rotatable bonds is 2. The Balaban J connectivity index is 1.70. The Labute approximate surface area is 137 Å². The van der Waals surface area contributed by atoms with Crippen LogP contribution >= 0.6 is 0 Å². The van der Waals surface area contributed by atoms with Crippen LogP contribution in [0, 0.1) is 0 Å². The number of nitrogens with one attached hydrogen (secondary N) is 1. The molecule has 1 amide bonds. The maximum Gasteiger partial charge on any atom is 0.257 e. The molecule has 0 spiro atoms. The molecule has 118 valence electrons. The monoisotopic (exact) mass is 318 g/mol. The SMILES string of the molecule is NC1=CC=c2oc3c(c2C1)C=C(NC(=O)c1ccnnc1)C=CC=3. The van der Waals surface area contributed by atoms with Crippen molar-refractivity contribution in [2.75, 3.05) is 0 Å². The van der Waals surface area contributed by atoms with Crippen molar-refractivity contribution < 1.29 is 9.21 Å². The van der Waals surface area contributed by atoms with E-state index in [0.717, 1.165) is 27.7 Å². The molecule has 0 aliphatic heterocycles. The number of carbonyl (C=O) groups excluding carboxylic acids is 1. The molecule has 24 heavy (non-hydrogen) atoms. The van der Waals surface area contributed by atoms with E-state index in [2.05, 4.69) is 15.5 Å². The number of nitrogens with two attached hydrogens (primary N) is 1. The van der Waals surface area contributed by atoms with Crippen molar-refractivity contribution in [2.24, 2.45) is 5.73 Å². The molecule has 0 bridgehead atoms. The van der Waals surface area contributed by atoms with Gasteiger partial charge < -0.3 is 15.5 Å². The first-order chi connectivity index (χ1) is 11.7. The van der Waals surface area contributed by atoms with E-state index in [9.17, 15) is 4.79 Å². The Hall–Kier alpha value is -3.41. The van der Waals surface area contributed by atoms with Crippen molar-refractivity contribution in [3.8, 4) is 0 Å². The number of aromatic nitrogens is 2. The van der Waals surface area contributed by atoms with Crippen molar-refractivity contribution in [3.63, 3.8) is 0 Å². The normalized spacial score (nSPS) is 15.0. The number of hydrogen-bond donors (Lipinski definition) is 2. The van der Waals surface area contributed by atoms with Gasteiger partial charge in [0.25, 0.3) is 5.91 Å². The fourth-order valence-electron chi connectivity index (χ4n) is 2.71. The molecule has 6 heteroatoms. The molecule has 2 aromatic rings. The van der Waals surface area contributed by atoms with Crippen LogP contribution in [0.25, 0.3) is 18.2 Å². The summed E-state index contributed by atoms with van der Waals surface area (Å²) in [6.45, 7) is 0. The van der Waals surface area contributed by atoms with Crippen LogP contribution in [-0.2, 0) is 6.42 Å². The van der Waals surface area contributed by atoms with Gasteiger partial charge in [-0.2, -0.15) is 10.2 Å². The summed E-state index contributed by atoms with van der Waals surface area (Å²) in [5.74, 6) is -0.243. The highest BCUT2D eigenvalue weighted by molar-refractivity contribution is 5.95. The van der Waals surface area contributed by atoms with Crippen molar-refractivity contribution >= 4 is 24.1 Å². The number of furan rings is 1. The van der Waals surface area contributed by atoms with Crippen molar-refractivity contribution in [3.05, 3.63) is 75.6 Å². The van der Waals surface area contributed by atoms with Gasteiger partial charge in [-0.15, -0.1) is 0 Å². The third kappa shape index (κ3) is 2.54. The van der Waals surface area contributed by atoms with Crippen molar-refractivity contribution in [2.45, 2.75) is 6.42 Å². The molecule has 2 aliphatic rings. The lowest BCUT2D eigenvalue weighted by Crippen LogP contribution is -2.22. The van der Waals surface area contributed by atoms with Crippen LogP contribution in [0.3, 0.4) is 0 Å². The van der Waals surface area contributed by atoms with E-state index in [1.165, 1.54) is 12.4 Å². The third-order valence-corrected chi connectivity index (χ3v) is 3.87. The van der Waals surface area contributed by atoms with Crippen LogP contribution in [0.1, 0.15) is 21.5 Å². The van der Waals surface area contributed by atoms with E-state index < -0.39 is 0 Å². The van der Waals surface area contributed by atoms with Crippen LogP contribution in [0.4, 0.5) is 0 Å². The summed E-state index contributed by atoms with van der Waals surface area (Å²) >= 11 is 0. The zero-order valence-electron chi connectivity index (χ0n) is 12.7. The highest BCUT2D eigenvalue weighted by atomic mass is 16.3. The topological polar surface area (TPSA) is 94.0 Å². The summed E-state index contributed by atoms with van der Waals surface area (Å²) in [6, 6.07) is 1.61. The lowest BCUT2D eigenvalue weighted by atomic mass is 10.0. The summed E-state index contributed by atoms with van der Waals surface area (Å²) < 4.78 is 5.86. The van der Waals surface area contributed by atoms with Gasteiger partial charge in [-0.3, -0.25) is 4.79 Å². The Morgan fingerprint density at radius 1 is 1.21 bits per heavy atom. The van der Waals surface area contributed by atoms with E-state index in [-0.39, 0.29) is 5.91 Å². The lowest BCUT2D eigenvalue weighted by Gasteiger charge is -2.07. The second-order valence-corrected chi connectivity index (χ2v) is 5.52. The number of amides is 1. The molecule has 0 atom stereocenters. The second-order valence-electron chi connectivity index (χ2n) is 5.52. The minimum absolute atomic E-state index is 0.243. The van der Waals surface area contributed by atoms with E-state index in [1.54, 1.807) is 6.07 Å².